The fourth-order valence-corrected chi connectivity index (χ4v) is 1.48. The first-order chi connectivity index (χ1) is 8.71. The molecule has 0 spiro atoms. The minimum atomic E-state index is -0.519. The summed E-state index contributed by atoms with van der Waals surface area (Å²) in [6, 6.07) is 5.71. The molecule has 0 atom stereocenters. The van der Waals surface area contributed by atoms with Crippen LogP contribution in [0.3, 0.4) is 0 Å². The van der Waals surface area contributed by atoms with E-state index in [0.717, 1.165) is 23.3 Å². The van der Waals surface area contributed by atoms with Gasteiger partial charge in [-0.3, -0.25) is 4.89 Å². The number of carbonyl (C=O) groups is 1. The van der Waals surface area contributed by atoms with Gasteiger partial charge < -0.3 is 4.74 Å². The molecule has 1 aromatic rings. The number of methoxy groups -OCH3 is 1. The van der Waals surface area contributed by atoms with Crippen molar-refractivity contribution < 1.29 is 19.3 Å². The fourth-order valence-electron chi connectivity index (χ4n) is 1.48. The summed E-state index contributed by atoms with van der Waals surface area (Å²) in [6.07, 6.45) is 3.91. The predicted molar refractivity (Wildman–Crippen MR) is 69.1 cm³/mol. The summed E-state index contributed by atoms with van der Waals surface area (Å²) in [5.41, 5.74) is 2.07. The third-order valence-electron chi connectivity index (χ3n) is 2.39. The number of ether oxygens (including phenoxy) is 1. The first-order valence-corrected chi connectivity index (χ1v) is 5.89. The van der Waals surface area contributed by atoms with Gasteiger partial charge in [-0.1, -0.05) is 13.0 Å². The number of aryl methyl sites for hydroxylation is 1. The Balaban J connectivity index is 2.77. The molecule has 1 aromatic carbocycles. The normalized spacial score (nSPS) is 10.6. The molecule has 4 nitrogen and oxygen atoms in total. The molecule has 4 heteroatoms. The molecule has 0 heterocycles. The van der Waals surface area contributed by atoms with Crippen LogP contribution in [0.4, 0.5) is 0 Å². The van der Waals surface area contributed by atoms with Crippen molar-refractivity contribution >= 4 is 12.0 Å². The highest BCUT2D eigenvalue weighted by molar-refractivity contribution is 5.86. The maximum absolute atomic E-state index is 11.2. The van der Waals surface area contributed by atoms with E-state index >= 15 is 0 Å². The maximum Gasteiger partial charge on any atom is 0.365 e. The van der Waals surface area contributed by atoms with Gasteiger partial charge in [0.05, 0.1) is 13.7 Å². The van der Waals surface area contributed by atoms with E-state index in [2.05, 4.69) is 9.78 Å². The topological polar surface area (TPSA) is 44.8 Å². The van der Waals surface area contributed by atoms with Crippen LogP contribution in [-0.4, -0.2) is 19.7 Å². The molecule has 0 unspecified atom stereocenters. The highest BCUT2D eigenvalue weighted by atomic mass is 17.2. The molecule has 0 fully saturated rings. The van der Waals surface area contributed by atoms with Gasteiger partial charge in [-0.05, 0) is 42.7 Å². The highest BCUT2D eigenvalue weighted by Gasteiger charge is 2.02. The lowest BCUT2D eigenvalue weighted by Gasteiger charge is -2.06. The molecule has 0 aromatic heterocycles. The van der Waals surface area contributed by atoms with Gasteiger partial charge in [-0.15, -0.1) is 0 Å². The quantitative estimate of drug-likeness (QED) is 0.442. The van der Waals surface area contributed by atoms with Crippen LogP contribution in [-0.2, 0) is 21.0 Å². The highest BCUT2D eigenvalue weighted by Crippen LogP contribution is 2.19. The molecule has 0 aliphatic carbocycles. The van der Waals surface area contributed by atoms with Crippen LogP contribution < -0.4 is 4.74 Å². The molecule has 0 aliphatic rings. The summed E-state index contributed by atoms with van der Waals surface area (Å²) in [7, 11) is 1.63. The minimum Gasteiger partial charge on any atom is -0.497 e. The lowest BCUT2D eigenvalue weighted by Crippen LogP contribution is -2.01. The van der Waals surface area contributed by atoms with Gasteiger partial charge in [0.1, 0.15) is 5.75 Å². The predicted octanol–water partition coefficient (Wildman–Crippen LogP) is 2.77. The Morgan fingerprint density at radius 2 is 2.11 bits per heavy atom. The Morgan fingerprint density at radius 1 is 1.33 bits per heavy atom. The Bertz CT molecular complexity index is 424. The summed E-state index contributed by atoms with van der Waals surface area (Å²) in [5, 5.41) is 0. The molecular formula is C14H18O4. The number of carbonyl (C=O) groups excluding carboxylic acids is 1. The van der Waals surface area contributed by atoms with Crippen LogP contribution in [0.5, 0.6) is 5.75 Å². The number of benzene rings is 1. The number of rotatable bonds is 6. The van der Waals surface area contributed by atoms with Crippen LogP contribution in [0.15, 0.2) is 24.3 Å². The Hall–Kier alpha value is -1.81. The smallest absolute Gasteiger partial charge is 0.365 e. The molecule has 98 valence electrons. The summed E-state index contributed by atoms with van der Waals surface area (Å²) in [6.45, 7) is 4.13. The molecule has 0 N–H and O–H groups in total. The van der Waals surface area contributed by atoms with Crippen molar-refractivity contribution in [3.05, 3.63) is 35.4 Å². The van der Waals surface area contributed by atoms with Crippen molar-refractivity contribution in [1.82, 2.24) is 0 Å². The van der Waals surface area contributed by atoms with Crippen molar-refractivity contribution in [2.24, 2.45) is 0 Å². The van der Waals surface area contributed by atoms with E-state index < -0.39 is 5.97 Å². The standard InChI is InChI=1S/C14H18O4/c1-4-11-10-13(16-3)8-6-12(11)7-9-14(15)18-17-5-2/h6-10H,4-5H2,1-3H3/b9-7+. The molecule has 1 rings (SSSR count). The van der Waals surface area contributed by atoms with Gasteiger partial charge in [0.15, 0.2) is 0 Å². The summed E-state index contributed by atoms with van der Waals surface area (Å²) in [4.78, 5) is 20.3. The van der Waals surface area contributed by atoms with E-state index in [1.54, 1.807) is 20.1 Å². The number of hydrogen-bond acceptors (Lipinski definition) is 4. The summed E-state index contributed by atoms with van der Waals surface area (Å²) < 4.78 is 5.15. The van der Waals surface area contributed by atoms with E-state index in [1.165, 1.54) is 6.08 Å². The fraction of sp³-hybridized carbons (Fsp3) is 0.357. The molecule has 0 amide bonds. The van der Waals surface area contributed by atoms with E-state index in [0.29, 0.717) is 6.61 Å². The second kappa shape index (κ2) is 7.50. The van der Waals surface area contributed by atoms with Crippen LogP contribution in [0, 0.1) is 0 Å². The van der Waals surface area contributed by atoms with Crippen molar-refractivity contribution in [2.75, 3.05) is 13.7 Å². The van der Waals surface area contributed by atoms with Crippen molar-refractivity contribution in [3.8, 4) is 5.75 Å². The Labute approximate surface area is 107 Å². The zero-order chi connectivity index (χ0) is 13.4. The minimum absolute atomic E-state index is 0.336. The van der Waals surface area contributed by atoms with E-state index in [1.807, 2.05) is 25.1 Å². The van der Waals surface area contributed by atoms with Crippen LogP contribution >= 0.6 is 0 Å². The van der Waals surface area contributed by atoms with Gasteiger partial charge in [0, 0.05) is 6.08 Å². The zero-order valence-electron chi connectivity index (χ0n) is 10.9. The van der Waals surface area contributed by atoms with E-state index in [9.17, 15) is 4.79 Å². The van der Waals surface area contributed by atoms with Crippen molar-refractivity contribution in [3.63, 3.8) is 0 Å². The summed E-state index contributed by atoms with van der Waals surface area (Å²) in [5.74, 6) is 0.288. The van der Waals surface area contributed by atoms with Crippen LogP contribution in [0.25, 0.3) is 6.08 Å². The molecule has 0 radical (unpaired) electrons. The monoisotopic (exact) mass is 250 g/mol. The van der Waals surface area contributed by atoms with E-state index in [-0.39, 0.29) is 0 Å². The van der Waals surface area contributed by atoms with Crippen molar-refractivity contribution in [1.29, 1.82) is 0 Å². The van der Waals surface area contributed by atoms with Gasteiger partial charge in [0.2, 0.25) is 0 Å². The second-order valence-corrected chi connectivity index (χ2v) is 3.56. The third kappa shape index (κ3) is 4.22. The van der Waals surface area contributed by atoms with Gasteiger partial charge >= 0.3 is 5.97 Å². The maximum atomic E-state index is 11.2. The summed E-state index contributed by atoms with van der Waals surface area (Å²) >= 11 is 0. The van der Waals surface area contributed by atoms with E-state index in [4.69, 9.17) is 4.74 Å². The third-order valence-corrected chi connectivity index (χ3v) is 2.39. The van der Waals surface area contributed by atoms with Gasteiger partial charge in [0.25, 0.3) is 0 Å². The Kier molecular flexibility index (Phi) is 5.94. The largest absolute Gasteiger partial charge is 0.497 e. The lowest BCUT2D eigenvalue weighted by atomic mass is 10.0. The molecule has 0 bridgehead atoms. The molecule has 0 saturated carbocycles. The van der Waals surface area contributed by atoms with Crippen LogP contribution in [0.1, 0.15) is 25.0 Å². The molecule has 0 aliphatic heterocycles. The first kappa shape index (κ1) is 14.3. The first-order valence-electron chi connectivity index (χ1n) is 5.89. The molecule has 18 heavy (non-hydrogen) atoms. The SMILES string of the molecule is CCOOC(=O)/C=C/c1ccc(OC)cc1CC. The zero-order valence-corrected chi connectivity index (χ0v) is 10.9. The lowest BCUT2D eigenvalue weighted by molar-refractivity contribution is -0.264. The van der Waals surface area contributed by atoms with Crippen LogP contribution in [0.2, 0.25) is 0 Å². The van der Waals surface area contributed by atoms with Gasteiger partial charge in [-0.25, -0.2) is 4.79 Å². The van der Waals surface area contributed by atoms with Crippen molar-refractivity contribution in [2.45, 2.75) is 20.3 Å². The van der Waals surface area contributed by atoms with Gasteiger partial charge in [-0.2, -0.15) is 4.89 Å². The number of hydrogen-bond donors (Lipinski definition) is 0. The average Bonchev–Trinajstić information content (AvgIpc) is 2.42. The molecular weight excluding hydrogens is 232 g/mol. The Morgan fingerprint density at radius 3 is 2.72 bits per heavy atom. The molecule has 0 saturated heterocycles. The average molecular weight is 250 g/mol. The second-order valence-electron chi connectivity index (χ2n) is 3.56.